The number of benzene rings is 1. The van der Waals surface area contributed by atoms with Gasteiger partial charge in [-0.25, -0.2) is 0 Å². The zero-order valence-electron chi connectivity index (χ0n) is 10.1. The van der Waals surface area contributed by atoms with E-state index in [0.717, 1.165) is 6.42 Å². The minimum absolute atomic E-state index is 0.214. The molecule has 0 aliphatic heterocycles. The molecular formula is C14H12ClN3O. The topological polar surface area (TPSA) is 54.9 Å². The molecule has 19 heavy (non-hydrogen) atoms. The van der Waals surface area contributed by atoms with Crippen LogP contribution in [0.15, 0.2) is 36.4 Å². The molecule has 4 nitrogen and oxygen atoms in total. The number of amides is 1. The van der Waals surface area contributed by atoms with Crippen LogP contribution in [0.25, 0.3) is 0 Å². The summed E-state index contributed by atoms with van der Waals surface area (Å²) < 4.78 is 0. The van der Waals surface area contributed by atoms with Crippen molar-refractivity contribution < 1.29 is 4.79 Å². The van der Waals surface area contributed by atoms with E-state index in [2.05, 4.69) is 27.6 Å². The van der Waals surface area contributed by atoms with Crippen LogP contribution in [0.1, 0.15) is 27.5 Å². The number of rotatable bonds is 3. The number of nitrogens with zero attached hydrogens (tertiary/aromatic N) is 2. The lowest BCUT2D eigenvalue weighted by Crippen LogP contribution is -2.33. The van der Waals surface area contributed by atoms with E-state index in [1.54, 1.807) is 12.1 Å². The minimum Gasteiger partial charge on any atom is -0.350 e. The Labute approximate surface area is 115 Å². The molecule has 1 atom stereocenters. The summed E-state index contributed by atoms with van der Waals surface area (Å²) in [6.07, 6.45) is 1.02. The zero-order valence-corrected chi connectivity index (χ0v) is 10.9. The normalized spacial score (nSPS) is 16.4. The van der Waals surface area contributed by atoms with Gasteiger partial charge in [0.25, 0.3) is 5.91 Å². The molecule has 0 spiro atoms. The van der Waals surface area contributed by atoms with Gasteiger partial charge in [-0.2, -0.15) is 0 Å². The first-order chi connectivity index (χ1) is 9.24. The van der Waals surface area contributed by atoms with E-state index in [1.165, 1.54) is 11.1 Å². The highest BCUT2D eigenvalue weighted by Crippen LogP contribution is 2.33. The predicted molar refractivity (Wildman–Crippen MR) is 72.3 cm³/mol. The van der Waals surface area contributed by atoms with Crippen LogP contribution < -0.4 is 5.32 Å². The van der Waals surface area contributed by atoms with Crippen LogP contribution in [-0.4, -0.2) is 22.6 Å². The monoisotopic (exact) mass is 273 g/mol. The van der Waals surface area contributed by atoms with Crippen LogP contribution in [0.5, 0.6) is 0 Å². The van der Waals surface area contributed by atoms with Crippen LogP contribution >= 0.6 is 11.6 Å². The molecule has 3 rings (SSSR count). The van der Waals surface area contributed by atoms with Crippen LogP contribution in [-0.2, 0) is 6.42 Å². The van der Waals surface area contributed by atoms with E-state index < -0.39 is 0 Å². The third-order valence-electron chi connectivity index (χ3n) is 3.33. The number of fused-ring (bicyclic) bond motifs is 1. The number of carbonyl (C=O) groups is 1. The number of carbonyl (C=O) groups excluding carboxylic acids is 1. The number of aromatic nitrogens is 2. The Balaban J connectivity index is 1.59. The van der Waals surface area contributed by atoms with Gasteiger partial charge in [0.2, 0.25) is 0 Å². The number of nitrogens with one attached hydrogen (secondary N) is 1. The van der Waals surface area contributed by atoms with Crippen molar-refractivity contribution in [3.8, 4) is 0 Å². The van der Waals surface area contributed by atoms with Gasteiger partial charge in [0.1, 0.15) is 0 Å². The molecular weight excluding hydrogens is 262 g/mol. The summed E-state index contributed by atoms with van der Waals surface area (Å²) in [4.78, 5) is 11.9. The second-order valence-electron chi connectivity index (χ2n) is 4.55. The van der Waals surface area contributed by atoms with Crippen molar-refractivity contribution in [3.63, 3.8) is 0 Å². The molecule has 96 valence electrons. The molecule has 1 amide bonds. The Morgan fingerprint density at radius 2 is 2.11 bits per heavy atom. The molecule has 2 aromatic rings. The van der Waals surface area contributed by atoms with E-state index >= 15 is 0 Å². The first-order valence-electron chi connectivity index (χ1n) is 6.09. The van der Waals surface area contributed by atoms with Crippen molar-refractivity contribution in [3.05, 3.63) is 58.4 Å². The van der Waals surface area contributed by atoms with Gasteiger partial charge in [0, 0.05) is 12.5 Å². The van der Waals surface area contributed by atoms with Gasteiger partial charge < -0.3 is 5.32 Å². The van der Waals surface area contributed by atoms with Crippen LogP contribution in [0, 0.1) is 0 Å². The Morgan fingerprint density at radius 1 is 1.26 bits per heavy atom. The Kier molecular flexibility index (Phi) is 3.17. The summed E-state index contributed by atoms with van der Waals surface area (Å²) in [7, 11) is 0. The molecule has 1 N–H and O–H groups in total. The standard InChI is InChI=1S/C14H12ClN3O/c15-13-6-5-12(17-18-13)14(19)16-8-10-7-9-3-1-2-4-11(9)10/h1-6,10H,7-8H2,(H,16,19). The van der Waals surface area contributed by atoms with Gasteiger partial charge in [-0.1, -0.05) is 35.9 Å². The molecule has 1 unspecified atom stereocenters. The summed E-state index contributed by atoms with van der Waals surface area (Å²) in [5, 5.41) is 10.6. The second kappa shape index (κ2) is 4.97. The van der Waals surface area contributed by atoms with Crippen molar-refractivity contribution in [1.82, 2.24) is 15.5 Å². The van der Waals surface area contributed by atoms with Crippen LogP contribution in [0.2, 0.25) is 5.15 Å². The van der Waals surface area contributed by atoms with Gasteiger partial charge in [0.05, 0.1) is 0 Å². The number of hydrogen-bond donors (Lipinski definition) is 1. The quantitative estimate of drug-likeness (QED) is 0.933. The fraction of sp³-hybridized carbons (Fsp3) is 0.214. The second-order valence-corrected chi connectivity index (χ2v) is 4.94. The molecule has 0 radical (unpaired) electrons. The maximum Gasteiger partial charge on any atom is 0.271 e. The fourth-order valence-corrected chi connectivity index (χ4v) is 2.39. The largest absolute Gasteiger partial charge is 0.350 e. The average Bonchev–Trinajstić information content (AvgIpc) is 2.40. The lowest BCUT2D eigenvalue weighted by molar-refractivity contribution is 0.0944. The molecule has 0 saturated carbocycles. The van der Waals surface area contributed by atoms with Crippen molar-refractivity contribution in [2.24, 2.45) is 0 Å². The Bertz CT molecular complexity index is 612. The lowest BCUT2D eigenvalue weighted by atomic mass is 9.77. The van der Waals surface area contributed by atoms with E-state index in [4.69, 9.17) is 11.6 Å². The third-order valence-corrected chi connectivity index (χ3v) is 3.54. The van der Waals surface area contributed by atoms with Gasteiger partial charge in [-0.3, -0.25) is 4.79 Å². The first-order valence-corrected chi connectivity index (χ1v) is 6.47. The van der Waals surface area contributed by atoms with Gasteiger partial charge >= 0.3 is 0 Å². The van der Waals surface area contributed by atoms with Gasteiger partial charge in [-0.15, -0.1) is 10.2 Å². The molecule has 0 bridgehead atoms. The summed E-state index contributed by atoms with van der Waals surface area (Å²) >= 11 is 5.63. The Hall–Kier alpha value is -1.94. The van der Waals surface area contributed by atoms with Crippen molar-refractivity contribution in [2.75, 3.05) is 6.54 Å². The van der Waals surface area contributed by atoms with E-state index in [1.807, 2.05) is 12.1 Å². The maximum absolute atomic E-state index is 11.9. The third kappa shape index (κ3) is 2.44. The lowest BCUT2D eigenvalue weighted by Gasteiger charge is -2.30. The predicted octanol–water partition coefficient (Wildman–Crippen LogP) is 2.20. The van der Waals surface area contributed by atoms with E-state index in [-0.39, 0.29) is 16.8 Å². The molecule has 1 aromatic heterocycles. The summed E-state index contributed by atoms with van der Waals surface area (Å²) in [6.45, 7) is 0.625. The number of hydrogen-bond acceptors (Lipinski definition) is 3. The van der Waals surface area contributed by atoms with Crippen LogP contribution in [0.4, 0.5) is 0 Å². The maximum atomic E-state index is 11.9. The molecule has 1 heterocycles. The summed E-state index contributed by atoms with van der Waals surface area (Å²) in [5.74, 6) is 0.189. The molecule has 5 heteroatoms. The van der Waals surface area contributed by atoms with E-state index in [9.17, 15) is 4.79 Å². The highest BCUT2D eigenvalue weighted by atomic mass is 35.5. The van der Waals surface area contributed by atoms with Crippen LogP contribution in [0.3, 0.4) is 0 Å². The highest BCUT2D eigenvalue weighted by molar-refractivity contribution is 6.29. The number of halogens is 1. The van der Waals surface area contributed by atoms with Crippen molar-refractivity contribution in [1.29, 1.82) is 0 Å². The molecule has 1 aliphatic carbocycles. The Morgan fingerprint density at radius 3 is 2.84 bits per heavy atom. The molecule has 1 aliphatic rings. The summed E-state index contributed by atoms with van der Waals surface area (Å²) in [6, 6.07) is 11.4. The smallest absolute Gasteiger partial charge is 0.271 e. The van der Waals surface area contributed by atoms with Crippen molar-refractivity contribution >= 4 is 17.5 Å². The molecule has 0 saturated heterocycles. The molecule has 1 aromatic carbocycles. The zero-order chi connectivity index (χ0) is 13.2. The summed E-state index contributed by atoms with van der Waals surface area (Å²) in [5.41, 5.74) is 2.98. The first kappa shape index (κ1) is 12.1. The van der Waals surface area contributed by atoms with Gasteiger partial charge in [0.15, 0.2) is 10.8 Å². The van der Waals surface area contributed by atoms with Gasteiger partial charge in [-0.05, 0) is 29.7 Å². The fourth-order valence-electron chi connectivity index (χ4n) is 2.29. The van der Waals surface area contributed by atoms with Crippen molar-refractivity contribution in [2.45, 2.75) is 12.3 Å². The molecule has 0 fully saturated rings. The highest BCUT2D eigenvalue weighted by Gasteiger charge is 2.25. The van der Waals surface area contributed by atoms with E-state index in [0.29, 0.717) is 12.5 Å². The SMILES string of the molecule is O=C(NCC1Cc2ccccc21)c1ccc(Cl)nn1. The minimum atomic E-state index is -0.214. The average molecular weight is 274 g/mol.